The Morgan fingerprint density at radius 3 is 2.81 bits per heavy atom. The summed E-state index contributed by atoms with van der Waals surface area (Å²) in [5, 5.41) is 6.64. The third-order valence-corrected chi connectivity index (χ3v) is 2.67. The second-order valence-electron chi connectivity index (χ2n) is 4.02. The van der Waals surface area contributed by atoms with Crippen LogP contribution in [0.5, 0.6) is 0 Å². The monoisotopic (exact) mass is 305 g/mol. The lowest BCUT2D eigenvalue weighted by Crippen LogP contribution is -2.37. The van der Waals surface area contributed by atoms with Crippen LogP contribution in [-0.4, -0.2) is 18.0 Å². The van der Waals surface area contributed by atoms with Crippen molar-refractivity contribution < 1.29 is 14.0 Å². The smallest absolute Gasteiger partial charge is 0.329 e. The zero-order valence-corrected chi connectivity index (χ0v) is 11.6. The van der Waals surface area contributed by atoms with E-state index in [4.69, 9.17) is 16.0 Å². The molecule has 7 heteroatoms. The lowest BCUT2D eigenvalue weighted by Gasteiger charge is -2.01. The van der Waals surface area contributed by atoms with Gasteiger partial charge in [-0.25, -0.2) is 5.43 Å². The fourth-order valence-corrected chi connectivity index (χ4v) is 1.66. The van der Waals surface area contributed by atoms with Gasteiger partial charge in [-0.3, -0.25) is 9.59 Å². The third kappa shape index (κ3) is 4.77. The molecule has 2 aromatic rings. The predicted molar refractivity (Wildman–Crippen MR) is 77.7 cm³/mol. The minimum absolute atomic E-state index is 0.136. The first-order chi connectivity index (χ1) is 10.1. The van der Waals surface area contributed by atoms with Crippen LogP contribution in [-0.2, 0) is 16.1 Å². The molecule has 21 heavy (non-hydrogen) atoms. The average Bonchev–Trinajstić information content (AvgIpc) is 2.98. The molecule has 0 spiro atoms. The van der Waals surface area contributed by atoms with Crippen LogP contribution in [0.1, 0.15) is 11.3 Å². The molecular formula is C14H12ClN3O3. The molecule has 0 aliphatic heterocycles. The molecule has 0 atom stereocenters. The molecule has 0 unspecified atom stereocenters. The van der Waals surface area contributed by atoms with E-state index in [0.29, 0.717) is 16.3 Å². The van der Waals surface area contributed by atoms with E-state index in [9.17, 15) is 9.59 Å². The summed E-state index contributed by atoms with van der Waals surface area (Å²) in [5.41, 5.74) is 2.83. The summed E-state index contributed by atoms with van der Waals surface area (Å²) in [6.07, 6.45) is 2.88. The van der Waals surface area contributed by atoms with Crippen molar-refractivity contribution in [1.82, 2.24) is 10.7 Å². The van der Waals surface area contributed by atoms with E-state index in [0.717, 1.165) is 0 Å². The van der Waals surface area contributed by atoms with Crippen LogP contribution in [0.25, 0.3) is 0 Å². The zero-order valence-electron chi connectivity index (χ0n) is 10.9. The summed E-state index contributed by atoms with van der Waals surface area (Å²) in [4.78, 5) is 22.9. The molecule has 0 aliphatic rings. The molecule has 1 aromatic heterocycles. The molecular weight excluding hydrogens is 294 g/mol. The fraction of sp³-hybridized carbons (Fsp3) is 0.0714. The van der Waals surface area contributed by atoms with Gasteiger partial charge in [0, 0.05) is 5.02 Å². The summed E-state index contributed by atoms with van der Waals surface area (Å²) < 4.78 is 5.03. The highest BCUT2D eigenvalue weighted by Crippen LogP contribution is 2.08. The van der Waals surface area contributed by atoms with Gasteiger partial charge in [-0.05, 0) is 29.8 Å². The highest BCUT2D eigenvalue weighted by atomic mass is 35.5. The number of carbonyl (C=O) groups excluding carboxylic acids is 2. The van der Waals surface area contributed by atoms with Crippen molar-refractivity contribution in [3.8, 4) is 0 Å². The highest BCUT2D eigenvalue weighted by Gasteiger charge is 2.12. The molecule has 0 saturated carbocycles. The first-order valence-electron chi connectivity index (χ1n) is 6.04. The Morgan fingerprint density at radius 1 is 1.24 bits per heavy atom. The number of hydrogen-bond donors (Lipinski definition) is 2. The number of rotatable bonds is 4. The topological polar surface area (TPSA) is 83.7 Å². The molecule has 0 fully saturated rings. The number of hydrazone groups is 1. The van der Waals surface area contributed by atoms with Crippen molar-refractivity contribution in [3.63, 3.8) is 0 Å². The lowest BCUT2D eigenvalue weighted by atomic mass is 10.2. The van der Waals surface area contributed by atoms with Crippen LogP contribution in [0, 0.1) is 0 Å². The number of carbonyl (C=O) groups is 2. The van der Waals surface area contributed by atoms with Crippen LogP contribution in [0.15, 0.2) is 52.2 Å². The van der Waals surface area contributed by atoms with Crippen molar-refractivity contribution in [1.29, 1.82) is 0 Å². The summed E-state index contributed by atoms with van der Waals surface area (Å²) in [5.74, 6) is -1.10. The van der Waals surface area contributed by atoms with Crippen LogP contribution in [0.2, 0.25) is 5.02 Å². The second-order valence-corrected chi connectivity index (χ2v) is 4.45. The number of amides is 2. The summed E-state index contributed by atoms with van der Waals surface area (Å²) in [6.45, 7) is 0.136. The number of nitrogens with one attached hydrogen (secondary N) is 2. The summed E-state index contributed by atoms with van der Waals surface area (Å²) >= 11 is 5.80. The maximum Gasteiger partial charge on any atom is 0.329 e. The lowest BCUT2D eigenvalue weighted by molar-refractivity contribution is -0.139. The van der Waals surface area contributed by atoms with Crippen molar-refractivity contribution >= 4 is 29.6 Å². The van der Waals surface area contributed by atoms with Gasteiger partial charge in [0.15, 0.2) is 0 Å². The average molecular weight is 306 g/mol. The van der Waals surface area contributed by atoms with Crippen LogP contribution in [0.4, 0.5) is 0 Å². The fourth-order valence-electron chi connectivity index (χ4n) is 1.46. The van der Waals surface area contributed by atoms with Crippen molar-refractivity contribution in [2.75, 3.05) is 0 Å². The van der Waals surface area contributed by atoms with Crippen LogP contribution in [0.3, 0.4) is 0 Å². The number of halogens is 1. The third-order valence-electron chi connectivity index (χ3n) is 2.44. The number of furan rings is 1. The van der Waals surface area contributed by atoms with E-state index in [1.807, 2.05) is 0 Å². The predicted octanol–water partition coefficient (Wildman–Crippen LogP) is 1.70. The Balaban J connectivity index is 1.79. The standard InChI is InChI=1S/C14H12ClN3O3/c15-11-4-1-3-10(7-11)8-17-18-14(20)13(19)16-9-12-5-2-6-21-12/h1-8H,9H2,(H,16,19)(H,18,20)/b17-8+. The number of hydrogen-bond acceptors (Lipinski definition) is 4. The van der Waals surface area contributed by atoms with E-state index < -0.39 is 11.8 Å². The molecule has 6 nitrogen and oxygen atoms in total. The van der Waals surface area contributed by atoms with Gasteiger partial charge in [0.2, 0.25) is 0 Å². The Kier molecular flexibility index (Phi) is 5.11. The van der Waals surface area contributed by atoms with E-state index in [1.54, 1.807) is 36.4 Å². The Labute approximate surface area is 125 Å². The summed E-state index contributed by atoms with van der Waals surface area (Å²) in [7, 11) is 0. The molecule has 1 heterocycles. The second kappa shape index (κ2) is 7.25. The normalized spacial score (nSPS) is 10.5. The quantitative estimate of drug-likeness (QED) is 0.512. The van der Waals surface area contributed by atoms with E-state index in [-0.39, 0.29) is 6.54 Å². The first-order valence-corrected chi connectivity index (χ1v) is 6.42. The molecule has 1 aromatic carbocycles. The maximum absolute atomic E-state index is 11.5. The zero-order chi connectivity index (χ0) is 15.1. The van der Waals surface area contributed by atoms with Gasteiger partial charge in [-0.15, -0.1) is 0 Å². The van der Waals surface area contributed by atoms with Gasteiger partial charge in [-0.1, -0.05) is 23.7 Å². The van der Waals surface area contributed by atoms with Gasteiger partial charge in [0.05, 0.1) is 19.0 Å². The van der Waals surface area contributed by atoms with Gasteiger partial charge in [0.1, 0.15) is 5.76 Å². The Hall–Kier alpha value is -2.60. The minimum Gasteiger partial charge on any atom is -0.467 e. The molecule has 2 rings (SSSR count). The molecule has 0 saturated heterocycles. The van der Waals surface area contributed by atoms with Gasteiger partial charge < -0.3 is 9.73 Å². The summed E-state index contributed by atoms with van der Waals surface area (Å²) in [6, 6.07) is 10.3. The van der Waals surface area contributed by atoms with E-state index in [1.165, 1.54) is 12.5 Å². The van der Waals surface area contributed by atoms with Crippen molar-refractivity contribution in [3.05, 3.63) is 59.0 Å². The van der Waals surface area contributed by atoms with Crippen molar-refractivity contribution in [2.45, 2.75) is 6.54 Å². The molecule has 0 aliphatic carbocycles. The van der Waals surface area contributed by atoms with E-state index >= 15 is 0 Å². The number of benzene rings is 1. The molecule has 2 amide bonds. The molecule has 108 valence electrons. The van der Waals surface area contributed by atoms with Crippen LogP contribution < -0.4 is 10.7 Å². The van der Waals surface area contributed by atoms with Crippen LogP contribution >= 0.6 is 11.6 Å². The number of nitrogens with zero attached hydrogens (tertiary/aromatic N) is 1. The molecule has 2 N–H and O–H groups in total. The first kappa shape index (κ1) is 14.8. The maximum atomic E-state index is 11.5. The molecule has 0 bridgehead atoms. The Bertz CT molecular complexity index is 653. The largest absolute Gasteiger partial charge is 0.467 e. The SMILES string of the molecule is O=C(NCc1ccco1)C(=O)N/N=C/c1cccc(Cl)c1. The van der Waals surface area contributed by atoms with Gasteiger partial charge in [-0.2, -0.15) is 5.10 Å². The Morgan fingerprint density at radius 2 is 2.10 bits per heavy atom. The highest BCUT2D eigenvalue weighted by molar-refractivity contribution is 6.35. The van der Waals surface area contributed by atoms with E-state index in [2.05, 4.69) is 15.8 Å². The van der Waals surface area contributed by atoms with Crippen molar-refractivity contribution in [2.24, 2.45) is 5.10 Å². The molecule has 0 radical (unpaired) electrons. The van der Waals surface area contributed by atoms with Gasteiger partial charge >= 0.3 is 11.8 Å². The minimum atomic E-state index is -0.861. The van der Waals surface area contributed by atoms with Gasteiger partial charge in [0.25, 0.3) is 0 Å².